The molecule has 0 radical (unpaired) electrons. The number of rotatable bonds is 2. The van der Waals surface area contributed by atoms with Gasteiger partial charge in [0.1, 0.15) is 23.4 Å². The molecule has 1 saturated heterocycles. The van der Waals surface area contributed by atoms with Crippen molar-refractivity contribution in [1.82, 2.24) is 19.9 Å². The molecule has 2 atom stereocenters. The van der Waals surface area contributed by atoms with Crippen molar-refractivity contribution < 1.29 is 9.53 Å². The van der Waals surface area contributed by atoms with Crippen molar-refractivity contribution in [2.45, 2.75) is 59.2 Å². The Hall–Kier alpha value is -2.57. The molecule has 0 aromatic carbocycles. The first-order valence-electron chi connectivity index (χ1n) is 9.32. The van der Waals surface area contributed by atoms with Crippen molar-refractivity contribution in [3.05, 3.63) is 24.7 Å². The zero-order valence-electron chi connectivity index (χ0n) is 17.0. The predicted octanol–water partition coefficient (Wildman–Crippen LogP) is 3.83. The number of aromatic nitrogens is 3. The Kier molecular flexibility index (Phi) is 4.88. The van der Waals surface area contributed by atoms with Crippen molar-refractivity contribution in [3.8, 4) is 0 Å². The highest BCUT2D eigenvalue weighted by Gasteiger charge is 2.36. The molecule has 1 N–H and O–H groups in total. The maximum atomic E-state index is 12.6. The Bertz CT molecular complexity index is 867. The first-order valence-corrected chi connectivity index (χ1v) is 9.32. The Morgan fingerprint density at radius 2 is 1.96 bits per heavy atom. The lowest BCUT2D eigenvalue weighted by molar-refractivity contribution is 0.0130. The van der Waals surface area contributed by atoms with Gasteiger partial charge in [-0.2, -0.15) is 0 Å². The molecule has 0 aliphatic carbocycles. The number of hydrogen-bond donors (Lipinski definition) is 1. The summed E-state index contributed by atoms with van der Waals surface area (Å²) in [5.41, 5.74) is 2.28. The highest BCUT2D eigenvalue weighted by molar-refractivity contribution is 5.97. The van der Waals surface area contributed by atoms with Crippen LogP contribution in [0.2, 0.25) is 0 Å². The molecule has 1 fully saturated rings. The zero-order chi connectivity index (χ0) is 19.9. The number of piperazine rings is 1. The molecule has 1 aliphatic heterocycles. The smallest absolute Gasteiger partial charge is 0.410 e. The summed E-state index contributed by atoms with van der Waals surface area (Å²) < 4.78 is 5.57. The molecule has 0 saturated carbocycles. The van der Waals surface area contributed by atoms with Crippen LogP contribution in [-0.2, 0) is 4.74 Å². The summed E-state index contributed by atoms with van der Waals surface area (Å²) in [5.74, 6) is 0.877. The molecule has 27 heavy (non-hydrogen) atoms. The third-order valence-electron chi connectivity index (χ3n) is 4.80. The number of ether oxygens (including phenoxy) is 1. The van der Waals surface area contributed by atoms with E-state index < -0.39 is 5.60 Å². The monoisotopic (exact) mass is 371 g/mol. The first-order chi connectivity index (χ1) is 12.6. The van der Waals surface area contributed by atoms with E-state index in [4.69, 9.17) is 4.74 Å². The number of allylic oxidation sites excluding steroid dienone is 1. The van der Waals surface area contributed by atoms with Gasteiger partial charge >= 0.3 is 6.09 Å². The Labute approximate surface area is 160 Å². The van der Waals surface area contributed by atoms with Gasteiger partial charge in [0, 0.05) is 36.9 Å². The number of aromatic amines is 1. The van der Waals surface area contributed by atoms with Gasteiger partial charge in [0.25, 0.3) is 0 Å². The summed E-state index contributed by atoms with van der Waals surface area (Å²) in [6.45, 7) is 17.1. The molecule has 3 heterocycles. The minimum absolute atomic E-state index is 0.00767. The highest BCUT2D eigenvalue weighted by atomic mass is 16.6. The quantitative estimate of drug-likeness (QED) is 0.868. The summed E-state index contributed by atoms with van der Waals surface area (Å²) >= 11 is 0. The van der Waals surface area contributed by atoms with Crippen LogP contribution < -0.4 is 4.90 Å². The molecule has 146 valence electrons. The zero-order valence-corrected chi connectivity index (χ0v) is 17.0. The van der Waals surface area contributed by atoms with E-state index in [1.807, 2.05) is 45.7 Å². The minimum atomic E-state index is -0.502. The van der Waals surface area contributed by atoms with E-state index in [0.717, 1.165) is 28.0 Å². The highest BCUT2D eigenvalue weighted by Crippen LogP contribution is 2.33. The summed E-state index contributed by atoms with van der Waals surface area (Å²) in [5, 5.41) is 0.981. The van der Waals surface area contributed by atoms with E-state index in [2.05, 4.69) is 33.4 Å². The lowest BCUT2D eigenvalue weighted by Crippen LogP contribution is -2.59. The van der Waals surface area contributed by atoms with Crippen LogP contribution >= 0.6 is 0 Å². The van der Waals surface area contributed by atoms with Crippen molar-refractivity contribution >= 4 is 28.5 Å². The summed E-state index contributed by atoms with van der Waals surface area (Å²) in [7, 11) is 0. The topological polar surface area (TPSA) is 74.4 Å². The number of nitrogens with zero attached hydrogens (tertiary/aromatic N) is 4. The Morgan fingerprint density at radius 1 is 1.26 bits per heavy atom. The second kappa shape index (κ2) is 6.87. The van der Waals surface area contributed by atoms with Crippen LogP contribution in [0.3, 0.4) is 0 Å². The predicted molar refractivity (Wildman–Crippen MR) is 108 cm³/mol. The summed E-state index contributed by atoms with van der Waals surface area (Å²) in [4.78, 5) is 28.8. The molecule has 2 aromatic heterocycles. The number of H-pyrrole nitrogens is 1. The molecule has 0 bridgehead atoms. The second-order valence-corrected chi connectivity index (χ2v) is 8.39. The minimum Gasteiger partial charge on any atom is -0.444 e. The SMILES string of the molecule is C=C(C)c1c[nH]c2ncnc(N3CC(C)N(C(=O)OC(C)(C)C)CC3C)c12. The number of carbonyl (C=O) groups is 1. The number of carbonyl (C=O) groups excluding carboxylic acids is 1. The van der Waals surface area contributed by atoms with Crippen LogP contribution in [0.25, 0.3) is 16.6 Å². The van der Waals surface area contributed by atoms with E-state index >= 15 is 0 Å². The average molecular weight is 371 g/mol. The lowest BCUT2D eigenvalue weighted by atomic mass is 10.1. The molecule has 1 aliphatic rings. The van der Waals surface area contributed by atoms with Gasteiger partial charge in [-0.1, -0.05) is 6.58 Å². The van der Waals surface area contributed by atoms with Crippen LogP contribution in [0.5, 0.6) is 0 Å². The molecule has 7 nitrogen and oxygen atoms in total. The molecule has 2 unspecified atom stereocenters. The molecule has 0 spiro atoms. The second-order valence-electron chi connectivity index (χ2n) is 8.39. The van der Waals surface area contributed by atoms with Crippen LogP contribution in [0.4, 0.5) is 10.6 Å². The van der Waals surface area contributed by atoms with Crippen LogP contribution in [0.1, 0.15) is 47.1 Å². The van der Waals surface area contributed by atoms with Gasteiger partial charge in [-0.25, -0.2) is 14.8 Å². The molecular weight excluding hydrogens is 342 g/mol. The fourth-order valence-corrected chi connectivity index (χ4v) is 3.50. The van der Waals surface area contributed by atoms with Gasteiger partial charge in [-0.05, 0) is 47.1 Å². The first kappa shape index (κ1) is 19.2. The Balaban J connectivity index is 1.90. The number of fused-ring (bicyclic) bond motifs is 1. The van der Waals surface area contributed by atoms with Crippen LogP contribution in [-0.4, -0.2) is 56.7 Å². The number of anilines is 1. The molecule has 2 aromatic rings. The van der Waals surface area contributed by atoms with Gasteiger partial charge in [-0.3, -0.25) is 0 Å². The number of amides is 1. The van der Waals surface area contributed by atoms with Crippen molar-refractivity contribution in [3.63, 3.8) is 0 Å². The third-order valence-corrected chi connectivity index (χ3v) is 4.80. The number of hydrogen-bond acceptors (Lipinski definition) is 5. The molecule has 7 heteroatoms. The summed E-state index contributed by atoms with van der Waals surface area (Å²) in [6.07, 6.45) is 3.24. The van der Waals surface area contributed by atoms with E-state index in [0.29, 0.717) is 13.1 Å². The molecule has 1 amide bonds. The van der Waals surface area contributed by atoms with E-state index in [1.165, 1.54) is 0 Å². The van der Waals surface area contributed by atoms with Gasteiger partial charge < -0.3 is 19.5 Å². The van der Waals surface area contributed by atoms with Gasteiger partial charge in [-0.15, -0.1) is 0 Å². The Morgan fingerprint density at radius 3 is 2.59 bits per heavy atom. The van der Waals surface area contributed by atoms with Crippen molar-refractivity contribution in [2.75, 3.05) is 18.0 Å². The lowest BCUT2D eigenvalue weighted by Gasteiger charge is -2.44. The number of nitrogens with one attached hydrogen (secondary N) is 1. The largest absolute Gasteiger partial charge is 0.444 e. The van der Waals surface area contributed by atoms with Gasteiger partial charge in [0.2, 0.25) is 0 Å². The maximum Gasteiger partial charge on any atom is 0.410 e. The summed E-state index contributed by atoms with van der Waals surface area (Å²) in [6, 6.07) is 0.105. The molecule has 3 rings (SSSR count). The van der Waals surface area contributed by atoms with Crippen LogP contribution in [0.15, 0.2) is 19.1 Å². The van der Waals surface area contributed by atoms with Crippen molar-refractivity contribution in [2.24, 2.45) is 0 Å². The fourth-order valence-electron chi connectivity index (χ4n) is 3.50. The normalized spacial score (nSPS) is 20.8. The molecular formula is C20H29N5O2. The van der Waals surface area contributed by atoms with Gasteiger partial charge in [0.15, 0.2) is 0 Å². The van der Waals surface area contributed by atoms with E-state index in [1.54, 1.807) is 6.33 Å². The van der Waals surface area contributed by atoms with Crippen molar-refractivity contribution in [1.29, 1.82) is 0 Å². The van der Waals surface area contributed by atoms with Gasteiger partial charge in [0.05, 0.1) is 5.39 Å². The third kappa shape index (κ3) is 3.77. The van der Waals surface area contributed by atoms with E-state index in [9.17, 15) is 4.79 Å². The fraction of sp³-hybridized carbons (Fsp3) is 0.550. The van der Waals surface area contributed by atoms with Crippen LogP contribution in [0, 0.1) is 0 Å². The average Bonchev–Trinajstić information content (AvgIpc) is 2.99. The van der Waals surface area contributed by atoms with E-state index in [-0.39, 0.29) is 18.2 Å². The maximum absolute atomic E-state index is 12.6. The standard InChI is InChI=1S/C20H29N5O2/c1-12(2)15-8-21-17-16(15)18(23-11-22-17)24-9-14(4)25(10-13(24)3)19(26)27-20(5,6)7/h8,11,13-14H,1,9-10H2,2-7H3,(H,21,22,23).